The summed E-state index contributed by atoms with van der Waals surface area (Å²) in [5.74, 6) is 0.0571. The van der Waals surface area contributed by atoms with Crippen LogP contribution in [0.15, 0.2) is 11.1 Å². The number of likely N-dealkylation sites (N-methyl/N-ethyl adjacent to an activating group) is 2. The Kier molecular flexibility index (Phi) is 4.09. The third-order valence-electron chi connectivity index (χ3n) is 3.41. The second kappa shape index (κ2) is 5.45. The highest BCUT2D eigenvalue weighted by molar-refractivity contribution is 7.89. The van der Waals surface area contributed by atoms with Gasteiger partial charge >= 0.3 is 0 Å². The SMILES string of the molecule is CN1CCN(C)C(CNS(=O)(=O)c2cn[nH]c2N)C1. The number of hydrogen-bond donors (Lipinski definition) is 3. The number of nitrogens with one attached hydrogen (secondary N) is 2. The van der Waals surface area contributed by atoms with E-state index in [1.54, 1.807) is 0 Å². The van der Waals surface area contributed by atoms with Crippen molar-refractivity contribution < 1.29 is 8.42 Å². The molecule has 1 unspecified atom stereocenters. The maximum atomic E-state index is 12.1. The van der Waals surface area contributed by atoms with Gasteiger partial charge in [0.2, 0.25) is 10.0 Å². The van der Waals surface area contributed by atoms with Crippen LogP contribution >= 0.6 is 0 Å². The van der Waals surface area contributed by atoms with Crippen molar-refractivity contribution in [2.75, 3.05) is 46.0 Å². The monoisotopic (exact) mass is 288 g/mol. The van der Waals surface area contributed by atoms with Crippen molar-refractivity contribution in [3.8, 4) is 0 Å². The average Bonchev–Trinajstić information content (AvgIpc) is 2.78. The number of aromatic nitrogens is 2. The average molecular weight is 288 g/mol. The van der Waals surface area contributed by atoms with Gasteiger partial charge in [-0.1, -0.05) is 0 Å². The number of anilines is 1. The van der Waals surface area contributed by atoms with E-state index in [4.69, 9.17) is 5.73 Å². The highest BCUT2D eigenvalue weighted by Crippen LogP contribution is 2.14. The molecule has 108 valence electrons. The van der Waals surface area contributed by atoms with E-state index in [1.165, 1.54) is 6.20 Å². The normalized spacial score (nSPS) is 22.7. The zero-order valence-corrected chi connectivity index (χ0v) is 11.9. The van der Waals surface area contributed by atoms with Crippen LogP contribution in [0.3, 0.4) is 0 Å². The molecule has 0 aromatic carbocycles. The maximum absolute atomic E-state index is 12.1. The lowest BCUT2D eigenvalue weighted by atomic mass is 10.2. The quantitative estimate of drug-likeness (QED) is 0.623. The molecule has 1 aliphatic heterocycles. The molecule has 1 aliphatic rings. The third-order valence-corrected chi connectivity index (χ3v) is 4.86. The standard InChI is InChI=1S/C10H20N6O2S/c1-15-3-4-16(2)8(7-15)5-13-19(17,18)9-6-12-14-10(9)11/h6,8,13H,3-5,7H2,1-2H3,(H3,11,12,14). The predicted molar refractivity (Wildman–Crippen MR) is 72.1 cm³/mol. The van der Waals surface area contributed by atoms with Gasteiger partial charge in [-0.3, -0.25) is 10.00 Å². The second-order valence-electron chi connectivity index (χ2n) is 4.90. The minimum absolute atomic E-state index is 0.000632. The molecule has 0 radical (unpaired) electrons. The van der Waals surface area contributed by atoms with Crippen LogP contribution in [0.1, 0.15) is 0 Å². The van der Waals surface area contributed by atoms with E-state index in [-0.39, 0.29) is 16.8 Å². The van der Waals surface area contributed by atoms with Crippen molar-refractivity contribution in [2.24, 2.45) is 0 Å². The predicted octanol–water partition coefficient (Wildman–Crippen LogP) is -1.48. The van der Waals surface area contributed by atoms with Crippen LogP contribution in [0, 0.1) is 0 Å². The number of rotatable bonds is 4. The smallest absolute Gasteiger partial charge is 0.245 e. The van der Waals surface area contributed by atoms with E-state index in [0.29, 0.717) is 6.54 Å². The molecule has 0 saturated carbocycles. The molecular formula is C10H20N6O2S. The van der Waals surface area contributed by atoms with E-state index < -0.39 is 10.0 Å². The highest BCUT2D eigenvalue weighted by Gasteiger charge is 2.25. The first-order chi connectivity index (χ1) is 8.90. The summed E-state index contributed by atoms with van der Waals surface area (Å²) in [6.45, 7) is 3.11. The number of piperazine rings is 1. The molecule has 1 fully saturated rings. The van der Waals surface area contributed by atoms with Crippen molar-refractivity contribution in [1.29, 1.82) is 0 Å². The van der Waals surface area contributed by atoms with E-state index in [1.807, 2.05) is 14.1 Å². The van der Waals surface area contributed by atoms with E-state index >= 15 is 0 Å². The van der Waals surface area contributed by atoms with E-state index in [2.05, 4.69) is 24.7 Å². The first-order valence-electron chi connectivity index (χ1n) is 6.07. The molecule has 4 N–H and O–H groups in total. The molecule has 9 heteroatoms. The van der Waals surface area contributed by atoms with Crippen LogP contribution in [0.4, 0.5) is 5.82 Å². The molecule has 19 heavy (non-hydrogen) atoms. The van der Waals surface area contributed by atoms with Gasteiger partial charge in [0.15, 0.2) is 0 Å². The molecule has 2 rings (SSSR count). The van der Waals surface area contributed by atoms with Crippen LogP contribution < -0.4 is 10.5 Å². The molecular weight excluding hydrogens is 268 g/mol. The van der Waals surface area contributed by atoms with Gasteiger partial charge in [0, 0.05) is 32.2 Å². The van der Waals surface area contributed by atoms with Gasteiger partial charge in [-0.25, -0.2) is 13.1 Å². The van der Waals surface area contributed by atoms with Gasteiger partial charge in [-0.05, 0) is 14.1 Å². The van der Waals surface area contributed by atoms with Gasteiger partial charge in [0.1, 0.15) is 10.7 Å². The largest absolute Gasteiger partial charge is 0.383 e. The molecule has 1 saturated heterocycles. The fourth-order valence-corrected chi connectivity index (χ4v) is 3.20. The van der Waals surface area contributed by atoms with Crippen LogP contribution in [-0.4, -0.2) is 74.7 Å². The number of hydrogen-bond acceptors (Lipinski definition) is 6. The Bertz CT molecular complexity index is 528. The molecule has 0 bridgehead atoms. The Hall–Kier alpha value is -1.16. The van der Waals surface area contributed by atoms with Gasteiger partial charge in [0.25, 0.3) is 0 Å². The third kappa shape index (κ3) is 3.24. The molecule has 0 amide bonds. The van der Waals surface area contributed by atoms with Gasteiger partial charge in [-0.15, -0.1) is 0 Å². The summed E-state index contributed by atoms with van der Waals surface area (Å²) in [5.41, 5.74) is 5.53. The number of H-pyrrole nitrogens is 1. The molecule has 1 atom stereocenters. The van der Waals surface area contributed by atoms with Crippen molar-refractivity contribution in [2.45, 2.75) is 10.9 Å². The van der Waals surface area contributed by atoms with Crippen LogP contribution in [0.5, 0.6) is 0 Å². The minimum atomic E-state index is -3.60. The topological polar surface area (TPSA) is 107 Å². The summed E-state index contributed by atoms with van der Waals surface area (Å²) < 4.78 is 26.7. The van der Waals surface area contributed by atoms with Crippen LogP contribution in [0.2, 0.25) is 0 Å². The van der Waals surface area contributed by atoms with Crippen molar-refractivity contribution in [1.82, 2.24) is 24.7 Å². The van der Waals surface area contributed by atoms with E-state index in [0.717, 1.165) is 19.6 Å². The molecule has 2 heterocycles. The lowest BCUT2D eigenvalue weighted by molar-refractivity contribution is 0.117. The van der Waals surface area contributed by atoms with Gasteiger partial charge < -0.3 is 10.6 Å². The first kappa shape index (κ1) is 14.3. The van der Waals surface area contributed by atoms with Crippen molar-refractivity contribution in [3.05, 3.63) is 6.20 Å². The van der Waals surface area contributed by atoms with Crippen molar-refractivity contribution in [3.63, 3.8) is 0 Å². The Balaban J connectivity index is 2.00. The van der Waals surface area contributed by atoms with Crippen molar-refractivity contribution >= 4 is 15.8 Å². The minimum Gasteiger partial charge on any atom is -0.383 e. The first-order valence-corrected chi connectivity index (χ1v) is 7.56. The lowest BCUT2D eigenvalue weighted by Gasteiger charge is -2.37. The summed E-state index contributed by atoms with van der Waals surface area (Å²) >= 11 is 0. The molecule has 1 aromatic rings. The summed E-state index contributed by atoms with van der Waals surface area (Å²) in [6, 6.07) is 0.154. The fraction of sp³-hybridized carbons (Fsp3) is 0.700. The van der Waals surface area contributed by atoms with Crippen LogP contribution in [0.25, 0.3) is 0 Å². The Morgan fingerprint density at radius 3 is 2.89 bits per heavy atom. The lowest BCUT2D eigenvalue weighted by Crippen LogP contribution is -2.54. The zero-order chi connectivity index (χ0) is 14.0. The van der Waals surface area contributed by atoms with Gasteiger partial charge in [-0.2, -0.15) is 5.10 Å². The molecule has 0 aliphatic carbocycles. The Morgan fingerprint density at radius 1 is 1.53 bits per heavy atom. The molecule has 8 nitrogen and oxygen atoms in total. The molecule has 0 spiro atoms. The summed E-state index contributed by atoms with van der Waals surface area (Å²) in [4.78, 5) is 4.34. The fourth-order valence-electron chi connectivity index (χ4n) is 2.10. The maximum Gasteiger partial charge on any atom is 0.245 e. The summed E-state index contributed by atoms with van der Waals surface area (Å²) in [5, 5.41) is 6.04. The summed E-state index contributed by atoms with van der Waals surface area (Å²) in [6.07, 6.45) is 1.22. The highest BCUT2D eigenvalue weighted by atomic mass is 32.2. The van der Waals surface area contributed by atoms with Crippen LogP contribution in [-0.2, 0) is 10.0 Å². The molecule has 1 aromatic heterocycles. The Labute approximate surface area is 113 Å². The van der Waals surface area contributed by atoms with Gasteiger partial charge in [0.05, 0.1) is 6.20 Å². The number of nitrogen functional groups attached to an aromatic ring is 1. The Morgan fingerprint density at radius 2 is 2.26 bits per heavy atom. The summed E-state index contributed by atoms with van der Waals surface area (Å²) in [7, 11) is 0.427. The second-order valence-corrected chi connectivity index (χ2v) is 6.63. The number of nitrogens with zero attached hydrogens (tertiary/aromatic N) is 3. The van der Waals surface area contributed by atoms with E-state index in [9.17, 15) is 8.42 Å². The number of nitrogens with two attached hydrogens (primary N) is 1. The zero-order valence-electron chi connectivity index (χ0n) is 11.1. The number of sulfonamides is 1. The number of aromatic amines is 1.